The third-order valence-corrected chi connectivity index (χ3v) is 6.71. The van der Waals surface area contributed by atoms with Crippen molar-refractivity contribution in [2.24, 2.45) is 0 Å². The summed E-state index contributed by atoms with van der Waals surface area (Å²) < 4.78 is 11.5. The zero-order valence-electron chi connectivity index (χ0n) is 16.3. The van der Waals surface area contributed by atoms with Crippen LogP contribution in [0.15, 0.2) is 54.6 Å². The number of benzene rings is 2. The lowest BCUT2D eigenvalue weighted by Crippen LogP contribution is -2.56. The summed E-state index contributed by atoms with van der Waals surface area (Å²) >= 11 is 0. The molecule has 28 heavy (non-hydrogen) atoms. The maximum Gasteiger partial charge on any atom is 0.184 e. The molecule has 148 valence electrons. The molecule has 4 heteroatoms. The zero-order chi connectivity index (χ0) is 19.0. The van der Waals surface area contributed by atoms with E-state index in [2.05, 4.69) is 47.4 Å². The summed E-state index contributed by atoms with van der Waals surface area (Å²) in [5.74, 6) is 0. The maximum atomic E-state index is 11.8. The third-order valence-electron chi connectivity index (χ3n) is 6.71. The van der Waals surface area contributed by atoms with Crippen LogP contribution in [0.3, 0.4) is 0 Å². The Labute approximate surface area is 167 Å². The van der Waals surface area contributed by atoms with Crippen molar-refractivity contribution in [1.82, 2.24) is 4.90 Å². The van der Waals surface area contributed by atoms with E-state index in [1.165, 1.54) is 12.0 Å². The Morgan fingerprint density at radius 3 is 2.25 bits per heavy atom. The molecule has 2 unspecified atom stereocenters. The van der Waals surface area contributed by atoms with Crippen LogP contribution in [0, 0.1) is 0 Å². The van der Waals surface area contributed by atoms with E-state index in [4.69, 9.17) is 9.47 Å². The molecule has 1 N–H and O–H groups in total. The highest BCUT2D eigenvalue weighted by Crippen LogP contribution is 2.47. The lowest BCUT2D eigenvalue weighted by molar-refractivity contribution is -0.104. The van der Waals surface area contributed by atoms with Crippen molar-refractivity contribution in [2.45, 2.75) is 62.6 Å². The van der Waals surface area contributed by atoms with Gasteiger partial charge in [0, 0.05) is 24.2 Å². The van der Waals surface area contributed by atoms with Gasteiger partial charge in [-0.1, -0.05) is 61.0 Å². The van der Waals surface area contributed by atoms with Gasteiger partial charge in [-0.05, 0) is 36.8 Å². The monoisotopic (exact) mass is 379 g/mol. The molecule has 5 rings (SSSR count). The first-order valence-corrected chi connectivity index (χ1v) is 10.6. The van der Waals surface area contributed by atoms with Crippen LogP contribution in [0.2, 0.25) is 0 Å². The van der Waals surface area contributed by atoms with Crippen LogP contribution >= 0.6 is 0 Å². The number of hydrogen-bond donors (Lipinski definition) is 1. The van der Waals surface area contributed by atoms with Crippen LogP contribution in [-0.4, -0.2) is 35.3 Å². The first-order chi connectivity index (χ1) is 13.7. The van der Waals surface area contributed by atoms with E-state index in [1.54, 1.807) is 0 Å². The highest BCUT2D eigenvalue weighted by atomic mass is 16.7. The van der Waals surface area contributed by atoms with Crippen molar-refractivity contribution < 1.29 is 14.6 Å². The van der Waals surface area contributed by atoms with Crippen LogP contribution < -0.4 is 0 Å². The molecule has 2 aromatic rings. The fourth-order valence-electron chi connectivity index (χ4n) is 5.46. The van der Waals surface area contributed by atoms with Crippen LogP contribution in [0.4, 0.5) is 0 Å². The highest BCUT2D eigenvalue weighted by Gasteiger charge is 2.47. The number of rotatable bonds is 4. The van der Waals surface area contributed by atoms with Gasteiger partial charge in [0.2, 0.25) is 0 Å². The van der Waals surface area contributed by atoms with Crippen LogP contribution in [0.1, 0.15) is 55.1 Å². The molecule has 3 aliphatic heterocycles. The van der Waals surface area contributed by atoms with E-state index in [0.717, 1.165) is 43.4 Å². The summed E-state index contributed by atoms with van der Waals surface area (Å²) in [6.45, 7) is 2.21. The third kappa shape index (κ3) is 3.39. The number of aliphatic hydroxyl groups is 1. The molecule has 2 atom stereocenters. The van der Waals surface area contributed by atoms with Gasteiger partial charge < -0.3 is 14.6 Å². The molecule has 0 amide bonds. The molecule has 0 saturated carbocycles. The van der Waals surface area contributed by atoms with Gasteiger partial charge >= 0.3 is 0 Å². The number of fused-ring (bicyclic) bond motifs is 2. The van der Waals surface area contributed by atoms with Crippen LogP contribution in [0.5, 0.6) is 0 Å². The lowest BCUT2D eigenvalue weighted by Gasteiger charge is -2.52. The predicted molar refractivity (Wildman–Crippen MR) is 108 cm³/mol. The molecule has 3 heterocycles. The molecule has 3 fully saturated rings. The first-order valence-electron chi connectivity index (χ1n) is 10.6. The van der Waals surface area contributed by atoms with Crippen molar-refractivity contribution in [2.75, 3.05) is 13.2 Å². The number of nitrogens with zero attached hydrogens (tertiary/aromatic N) is 1. The quantitative estimate of drug-likeness (QED) is 0.867. The number of hydrogen-bond acceptors (Lipinski definition) is 4. The van der Waals surface area contributed by atoms with Gasteiger partial charge in [-0.25, -0.2) is 0 Å². The maximum absolute atomic E-state index is 11.8. The van der Waals surface area contributed by atoms with E-state index < -0.39 is 5.60 Å². The second kappa shape index (κ2) is 7.60. The van der Waals surface area contributed by atoms with Gasteiger partial charge in [0.15, 0.2) is 6.29 Å². The Kier molecular flexibility index (Phi) is 4.97. The summed E-state index contributed by atoms with van der Waals surface area (Å²) in [5, 5.41) is 11.8. The van der Waals surface area contributed by atoms with Gasteiger partial charge in [0.1, 0.15) is 0 Å². The first kappa shape index (κ1) is 18.3. The number of piperidine rings is 2. The highest BCUT2D eigenvalue weighted by molar-refractivity contribution is 5.35. The van der Waals surface area contributed by atoms with E-state index in [9.17, 15) is 5.11 Å². The van der Waals surface area contributed by atoms with Crippen molar-refractivity contribution >= 4 is 0 Å². The number of ether oxygens (including phenoxy) is 2. The molecule has 2 bridgehead atoms. The molecule has 3 aliphatic rings. The van der Waals surface area contributed by atoms with E-state index in [0.29, 0.717) is 25.3 Å². The van der Waals surface area contributed by atoms with Gasteiger partial charge in [-0.3, -0.25) is 4.90 Å². The minimum Gasteiger partial charge on any atom is -0.385 e. The fraction of sp³-hybridized carbons (Fsp3) is 0.500. The SMILES string of the molecule is OC1(c2ccccc2C2OCCO2)CC2CCCC(C1)N2Cc1ccccc1. The van der Waals surface area contributed by atoms with Crippen molar-refractivity contribution in [3.63, 3.8) is 0 Å². The van der Waals surface area contributed by atoms with Crippen LogP contribution in [-0.2, 0) is 21.6 Å². The second-order valence-corrected chi connectivity index (χ2v) is 8.50. The van der Waals surface area contributed by atoms with E-state index in [-0.39, 0.29) is 6.29 Å². The molecule has 0 aromatic heterocycles. The molecule has 0 radical (unpaired) electrons. The molecular weight excluding hydrogens is 350 g/mol. The summed E-state index contributed by atoms with van der Waals surface area (Å²) in [7, 11) is 0. The standard InChI is InChI=1S/C24H29NO3/c26-24(22-12-5-4-11-21(22)23-27-13-14-28-23)15-19-9-6-10-20(16-24)25(19)17-18-7-2-1-3-8-18/h1-5,7-8,11-12,19-20,23,26H,6,9-10,13-17H2. The second-order valence-electron chi connectivity index (χ2n) is 8.50. The van der Waals surface area contributed by atoms with Crippen molar-refractivity contribution in [3.05, 3.63) is 71.3 Å². The minimum absolute atomic E-state index is 0.345. The topological polar surface area (TPSA) is 41.9 Å². The van der Waals surface area contributed by atoms with Gasteiger partial charge in [0.25, 0.3) is 0 Å². The summed E-state index contributed by atoms with van der Waals surface area (Å²) in [4.78, 5) is 2.64. The Balaban J connectivity index is 1.42. The Morgan fingerprint density at radius 1 is 0.893 bits per heavy atom. The average Bonchev–Trinajstić information content (AvgIpc) is 3.25. The van der Waals surface area contributed by atoms with Gasteiger partial charge in [0.05, 0.1) is 18.8 Å². The Hall–Kier alpha value is -1.72. The van der Waals surface area contributed by atoms with Gasteiger partial charge in [-0.15, -0.1) is 0 Å². The molecule has 0 spiro atoms. The van der Waals surface area contributed by atoms with Crippen LogP contribution in [0.25, 0.3) is 0 Å². The van der Waals surface area contributed by atoms with Crippen molar-refractivity contribution in [1.29, 1.82) is 0 Å². The van der Waals surface area contributed by atoms with Crippen molar-refractivity contribution in [3.8, 4) is 0 Å². The average molecular weight is 380 g/mol. The molecule has 3 saturated heterocycles. The fourth-order valence-corrected chi connectivity index (χ4v) is 5.46. The Morgan fingerprint density at radius 2 is 1.54 bits per heavy atom. The molecule has 0 aliphatic carbocycles. The normalized spacial score (nSPS) is 31.2. The molecule has 4 nitrogen and oxygen atoms in total. The smallest absolute Gasteiger partial charge is 0.184 e. The zero-order valence-corrected chi connectivity index (χ0v) is 16.3. The lowest BCUT2D eigenvalue weighted by atomic mass is 9.71. The van der Waals surface area contributed by atoms with E-state index in [1.807, 2.05) is 12.1 Å². The predicted octanol–water partition coefficient (Wildman–Crippen LogP) is 4.14. The summed E-state index contributed by atoms with van der Waals surface area (Å²) in [5.41, 5.74) is 2.54. The van der Waals surface area contributed by atoms with Gasteiger partial charge in [-0.2, -0.15) is 0 Å². The summed E-state index contributed by atoms with van der Waals surface area (Å²) in [6.07, 6.45) is 4.78. The largest absolute Gasteiger partial charge is 0.385 e. The van der Waals surface area contributed by atoms with E-state index >= 15 is 0 Å². The minimum atomic E-state index is -0.811. The molecular formula is C24H29NO3. The Bertz CT molecular complexity index is 789. The summed E-state index contributed by atoms with van der Waals surface area (Å²) in [6, 6.07) is 19.7. The molecule has 2 aromatic carbocycles.